The van der Waals surface area contributed by atoms with Gasteiger partial charge in [0.15, 0.2) is 0 Å². The number of carboxylic acid groups (broad SMARTS) is 2. The molecule has 0 aromatic heterocycles. The SMILES string of the molecule is CC(C=CC=CC=CC(=O)O)=CC=CC=C(C)C=CC=C(C)C=CC(=O)O. The van der Waals surface area contributed by atoms with Crippen LogP contribution >= 0.6 is 0 Å². The largest absolute Gasteiger partial charge is 0.478 e. The molecule has 0 saturated heterocycles. The molecule has 0 amide bonds. The number of carbonyl (C=O) groups is 2. The third kappa shape index (κ3) is 17.2. The third-order valence-electron chi connectivity index (χ3n) is 2.97. The average molecular weight is 366 g/mol. The molecular weight excluding hydrogens is 340 g/mol. The molecule has 0 fully saturated rings. The van der Waals surface area contributed by atoms with Crippen molar-refractivity contribution in [2.75, 3.05) is 0 Å². The van der Waals surface area contributed by atoms with Crippen molar-refractivity contribution in [3.8, 4) is 0 Å². The van der Waals surface area contributed by atoms with E-state index in [9.17, 15) is 9.59 Å². The lowest BCUT2D eigenvalue weighted by molar-refractivity contribution is -0.132. The Labute approximate surface area is 160 Å². The highest BCUT2D eigenvalue weighted by molar-refractivity contribution is 5.80. The molecule has 27 heavy (non-hydrogen) atoms. The highest BCUT2D eigenvalue weighted by Gasteiger charge is 1.85. The zero-order valence-corrected chi connectivity index (χ0v) is 15.9. The fourth-order valence-electron chi connectivity index (χ4n) is 1.61. The lowest BCUT2D eigenvalue weighted by Gasteiger charge is -1.90. The zero-order valence-electron chi connectivity index (χ0n) is 15.9. The zero-order chi connectivity index (χ0) is 20.5. The van der Waals surface area contributed by atoms with Crippen molar-refractivity contribution >= 4 is 11.9 Å². The van der Waals surface area contributed by atoms with Gasteiger partial charge in [-0.2, -0.15) is 0 Å². The molecule has 0 rings (SSSR count). The minimum atomic E-state index is -0.968. The van der Waals surface area contributed by atoms with Crippen molar-refractivity contribution in [1.29, 1.82) is 0 Å². The molecule has 0 aromatic rings. The van der Waals surface area contributed by atoms with Gasteiger partial charge in [0.2, 0.25) is 0 Å². The molecular formula is C23H26O4. The van der Waals surface area contributed by atoms with E-state index in [-0.39, 0.29) is 0 Å². The summed E-state index contributed by atoms with van der Waals surface area (Å²) in [6, 6.07) is 0. The Morgan fingerprint density at radius 1 is 0.481 bits per heavy atom. The summed E-state index contributed by atoms with van der Waals surface area (Å²) in [5, 5.41) is 17.0. The van der Waals surface area contributed by atoms with Crippen LogP contribution in [-0.4, -0.2) is 22.2 Å². The summed E-state index contributed by atoms with van der Waals surface area (Å²) in [6.45, 7) is 5.78. The number of rotatable bonds is 10. The Morgan fingerprint density at radius 2 is 0.889 bits per heavy atom. The first kappa shape index (κ1) is 23.6. The predicted molar refractivity (Wildman–Crippen MR) is 111 cm³/mol. The second-order valence-electron chi connectivity index (χ2n) is 5.59. The predicted octanol–water partition coefficient (Wildman–Crippen LogP) is 5.33. The van der Waals surface area contributed by atoms with Crippen LogP contribution in [-0.2, 0) is 9.59 Å². The summed E-state index contributed by atoms with van der Waals surface area (Å²) in [5.74, 6) is -1.93. The van der Waals surface area contributed by atoms with E-state index in [2.05, 4.69) is 0 Å². The van der Waals surface area contributed by atoms with Crippen LogP contribution in [0.15, 0.2) is 108 Å². The standard InChI is InChI=1S/C23H26O4/c1-19(11-6-4-5-7-16-22(24)25)12-8-9-13-20(2)14-10-15-21(3)17-18-23(26)27/h4-18H,1-3H3,(H,24,25)(H,26,27). The van der Waals surface area contributed by atoms with Crippen LogP contribution in [0.3, 0.4) is 0 Å². The van der Waals surface area contributed by atoms with Crippen LogP contribution in [0.2, 0.25) is 0 Å². The molecule has 0 bridgehead atoms. The average Bonchev–Trinajstić information content (AvgIpc) is 2.59. The van der Waals surface area contributed by atoms with E-state index in [4.69, 9.17) is 10.2 Å². The molecule has 0 aliphatic heterocycles. The van der Waals surface area contributed by atoms with Crippen LogP contribution in [0.5, 0.6) is 0 Å². The highest BCUT2D eigenvalue weighted by atomic mass is 16.4. The number of aliphatic carboxylic acids is 2. The van der Waals surface area contributed by atoms with E-state index in [1.807, 2.05) is 75.5 Å². The highest BCUT2D eigenvalue weighted by Crippen LogP contribution is 2.01. The molecule has 0 radical (unpaired) electrons. The molecule has 4 nitrogen and oxygen atoms in total. The maximum atomic E-state index is 10.4. The monoisotopic (exact) mass is 366 g/mol. The van der Waals surface area contributed by atoms with Gasteiger partial charge in [0.25, 0.3) is 0 Å². The molecule has 142 valence electrons. The molecule has 0 aliphatic carbocycles. The van der Waals surface area contributed by atoms with E-state index in [1.165, 1.54) is 6.08 Å². The molecule has 0 aromatic carbocycles. The number of allylic oxidation sites excluding steroid dienone is 16. The summed E-state index contributed by atoms with van der Waals surface area (Å²) in [6.07, 6.45) is 25.8. The Kier molecular flexibility index (Phi) is 13.0. The quantitative estimate of drug-likeness (QED) is 0.405. The molecule has 2 N–H and O–H groups in total. The summed E-state index contributed by atoms with van der Waals surface area (Å²) in [7, 11) is 0. The normalized spacial score (nSPS) is 14.9. The van der Waals surface area contributed by atoms with E-state index >= 15 is 0 Å². The van der Waals surface area contributed by atoms with E-state index in [0.717, 1.165) is 28.9 Å². The molecule has 0 saturated carbocycles. The van der Waals surface area contributed by atoms with Crippen molar-refractivity contribution in [1.82, 2.24) is 0 Å². The molecule has 0 heterocycles. The van der Waals surface area contributed by atoms with Gasteiger partial charge in [-0.1, -0.05) is 95.7 Å². The van der Waals surface area contributed by atoms with Crippen molar-refractivity contribution < 1.29 is 19.8 Å². The molecule has 0 unspecified atom stereocenters. The number of hydrogen-bond acceptors (Lipinski definition) is 2. The Hall–Kier alpha value is -3.40. The maximum Gasteiger partial charge on any atom is 0.328 e. The van der Waals surface area contributed by atoms with Gasteiger partial charge in [-0.3, -0.25) is 0 Å². The van der Waals surface area contributed by atoms with Gasteiger partial charge in [0, 0.05) is 12.2 Å². The maximum absolute atomic E-state index is 10.4. The van der Waals surface area contributed by atoms with Gasteiger partial charge in [-0.25, -0.2) is 9.59 Å². The van der Waals surface area contributed by atoms with E-state index in [1.54, 1.807) is 18.2 Å². The van der Waals surface area contributed by atoms with Crippen molar-refractivity contribution in [3.63, 3.8) is 0 Å². The van der Waals surface area contributed by atoms with Crippen LogP contribution in [0.1, 0.15) is 20.8 Å². The second kappa shape index (κ2) is 14.9. The van der Waals surface area contributed by atoms with Gasteiger partial charge < -0.3 is 10.2 Å². The van der Waals surface area contributed by atoms with E-state index in [0.29, 0.717) is 0 Å². The Balaban J connectivity index is 4.53. The number of carboxylic acids is 2. The minimum Gasteiger partial charge on any atom is -0.478 e. The Bertz CT molecular complexity index is 764. The lowest BCUT2D eigenvalue weighted by Crippen LogP contribution is -1.85. The van der Waals surface area contributed by atoms with Gasteiger partial charge >= 0.3 is 11.9 Å². The van der Waals surface area contributed by atoms with E-state index < -0.39 is 11.9 Å². The van der Waals surface area contributed by atoms with Gasteiger partial charge in [-0.15, -0.1) is 0 Å². The second-order valence-corrected chi connectivity index (χ2v) is 5.59. The smallest absolute Gasteiger partial charge is 0.328 e. The van der Waals surface area contributed by atoms with Gasteiger partial charge in [-0.05, 0) is 20.8 Å². The van der Waals surface area contributed by atoms with Crippen molar-refractivity contribution in [2.45, 2.75) is 20.8 Å². The molecule has 4 heteroatoms. The third-order valence-corrected chi connectivity index (χ3v) is 2.97. The van der Waals surface area contributed by atoms with Crippen LogP contribution in [0.4, 0.5) is 0 Å². The van der Waals surface area contributed by atoms with Gasteiger partial charge in [0.05, 0.1) is 0 Å². The first-order chi connectivity index (χ1) is 12.8. The fraction of sp³-hybridized carbons (Fsp3) is 0.130. The fourth-order valence-corrected chi connectivity index (χ4v) is 1.61. The minimum absolute atomic E-state index is 0.856. The summed E-state index contributed by atoms with van der Waals surface area (Å²) in [5.41, 5.74) is 2.98. The first-order valence-corrected chi connectivity index (χ1v) is 8.33. The summed E-state index contributed by atoms with van der Waals surface area (Å²) >= 11 is 0. The lowest BCUT2D eigenvalue weighted by atomic mass is 10.2. The van der Waals surface area contributed by atoms with Crippen molar-refractivity contribution in [2.24, 2.45) is 0 Å². The Morgan fingerprint density at radius 3 is 1.41 bits per heavy atom. The topological polar surface area (TPSA) is 74.6 Å². The summed E-state index contributed by atoms with van der Waals surface area (Å²) in [4.78, 5) is 20.7. The molecule has 0 aliphatic rings. The van der Waals surface area contributed by atoms with Gasteiger partial charge in [0.1, 0.15) is 0 Å². The van der Waals surface area contributed by atoms with Crippen LogP contribution in [0, 0.1) is 0 Å². The number of hydrogen-bond donors (Lipinski definition) is 2. The van der Waals surface area contributed by atoms with Crippen LogP contribution < -0.4 is 0 Å². The molecule has 0 spiro atoms. The van der Waals surface area contributed by atoms with Crippen LogP contribution in [0.25, 0.3) is 0 Å². The van der Waals surface area contributed by atoms with Crippen molar-refractivity contribution in [3.05, 3.63) is 108 Å². The molecule has 0 atom stereocenters. The first-order valence-electron chi connectivity index (χ1n) is 8.33. The summed E-state index contributed by atoms with van der Waals surface area (Å²) < 4.78 is 0.